The molecule has 0 bridgehead atoms. The highest BCUT2D eigenvalue weighted by Gasteiger charge is 2.22. The summed E-state index contributed by atoms with van der Waals surface area (Å²) in [6, 6.07) is 10.7. The van der Waals surface area contributed by atoms with E-state index in [1.807, 2.05) is 25.1 Å². The van der Waals surface area contributed by atoms with Gasteiger partial charge < -0.3 is 15.5 Å². The number of nitrogens with zero attached hydrogens (tertiary/aromatic N) is 4. The van der Waals surface area contributed by atoms with Crippen molar-refractivity contribution < 1.29 is 0 Å². The summed E-state index contributed by atoms with van der Waals surface area (Å²) in [6.45, 7) is 11.6. The number of piperidine rings is 1. The first-order chi connectivity index (χ1) is 14.5. The monoisotopic (exact) mass is 406 g/mol. The molecule has 0 unspecified atom stereocenters. The van der Waals surface area contributed by atoms with Crippen LogP contribution in [0.5, 0.6) is 0 Å². The molecule has 2 aromatic rings. The number of aromatic nitrogens is 2. The van der Waals surface area contributed by atoms with Gasteiger partial charge >= 0.3 is 0 Å². The van der Waals surface area contributed by atoms with Crippen LogP contribution < -0.4 is 15.5 Å². The van der Waals surface area contributed by atoms with Crippen molar-refractivity contribution in [1.29, 1.82) is 5.26 Å². The molecular weight excluding hydrogens is 372 g/mol. The summed E-state index contributed by atoms with van der Waals surface area (Å²) in [5, 5.41) is 16.3. The lowest BCUT2D eigenvalue weighted by atomic mass is 10.0. The van der Waals surface area contributed by atoms with Crippen LogP contribution in [-0.2, 0) is 6.42 Å². The Morgan fingerprint density at radius 2 is 2.10 bits per heavy atom. The summed E-state index contributed by atoms with van der Waals surface area (Å²) in [4.78, 5) is 11.9. The van der Waals surface area contributed by atoms with Crippen LogP contribution in [0.2, 0.25) is 0 Å². The van der Waals surface area contributed by atoms with Gasteiger partial charge in [-0.15, -0.1) is 0 Å². The molecule has 0 spiro atoms. The van der Waals surface area contributed by atoms with Gasteiger partial charge in [0.1, 0.15) is 5.82 Å². The fraction of sp³-hybridized carbons (Fsp3) is 0.542. The quantitative estimate of drug-likeness (QED) is 0.669. The molecule has 6 heteroatoms. The van der Waals surface area contributed by atoms with Crippen molar-refractivity contribution in [3.8, 4) is 6.07 Å². The molecule has 160 valence electrons. The minimum Gasteiger partial charge on any atom is -0.355 e. The minimum atomic E-state index is 0.498. The first kappa shape index (κ1) is 22.0. The second-order valence-corrected chi connectivity index (χ2v) is 8.64. The lowest BCUT2D eigenvalue weighted by molar-refractivity contribution is 0.398. The lowest BCUT2D eigenvalue weighted by Crippen LogP contribution is -2.47. The number of nitrogens with one attached hydrogen (secondary N) is 2. The van der Waals surface area contributed by atoms with E-state index in [9.17, 15) is 5.26 Å². The Kier molecular flexibility index (Phi) is 7.64. The number of hydrogen-bond acceptors (Lipinski definition) is 6. The molecule has 1 fully saturated rings. The largest absolute Gasteiger partial charge is 0.355 e. The molecule has 1 aliphatic heterocycles. The maximum atomic E-state index is 9.32. The van der Waals surface area contributed by atoms with E-state index in [-0.39, 0.29) is 0 Å². The van der Waals surface area contributed by atoms with E-state index in [2.05, 4.69) is 48.4 Å². The van der Waals surface area contributed by atoms with Crippen LogP contribution in [0.15, 0.2) is 24.3 Å². The van der Waals surface area contributed by atoms with Crippen molar-refractivity contribution in [3.05, 3.63) is 41.1 Å². The predicted octanol–water partition coefficient (Wildman–Crippen LogP) is 4.57. The Labute approximate surface area is 180 Å². The average Bonchev–Trinajstić information content (AvgIpc) is 2.74. The van der Waals surface area contributed by atoms with Crippen molar-refractivity contribution in [2.75, 3.05) is 29.9 Å². The van der Waals surface area contributed by atoms with E-state index in [1.54, 1.807) is 0 Å². The van der Waals surface area contributed by atoms with Crippen LogP contribution >= 0.6 is 0 Å². The Balaban J connectivity index is 1.81. The van der Waals surface area contributed by atoms with Gasteiger partial charge in [-0.2, -0.15) is 10.2 Å². The van der Waals surface area contributed by atoms with Crippen LogP contribution in [0.3, 0.4) is 0 Å². The van der Waals surface area contributed by atoms with E-state index in [0.717, 1.165) is 61.7 Å². The fourth-order valence-corrected chi connectivity index (χ4v) is 3.79. The summed E-state index contributed by atoms with van der Waals surface area (Å²) < 4.78 is 0. The van der Waals surface area contributed by atoms with Crippen molar-refractivity contribution in [3.63, 3.8) is 0 Å². The Hall–Kier alpha value is -2.65. The highest BCUT2D eigenvalue weighted by molar-refractivity contribution is 5.59. The standard InChI is InChI=1S/C24H34N6/c1-5-7-20-13-23(30-11-6-8-22(16-30)26-15-17(2)3)29-24(27-20)28-21-10-9-18(4)19(12-21)14-25/h9-10,12-13,17,22,26H,5-8,11,15-16H2,1-4H3,(H,27,28,29)/t22-/m1/s1. The molecule has 1 atom stereocenters. The maximum Gasteiger partial charge on any atom is 0.229 e. The molecule has 1 aromatic heterocycles. The van der Waals surface area contributed by atoms with Gasteiger partial charge in [-0.1, -0.05) is 33.3 Å². The van der Waals surface area contributed by atoms with Gasteiger partial charge in [0.15, 0.2) is 0 Å². The topological polar surface area (TPSA) is 76.9 Å². The molecule has 1 aliphatic rings. The molecule has 2 heterocycles. The van der Waals surface area contributed by atoms with Gasteiger partial charge in [0, 0.05) is 36.6 Å². The second kappa shape index (κ2) is 10.4. The van der Waals surface area contributed by atoms with Crippen LogP contribution in [-0.4, -0.2) is 35.6 Å². The fourth-order valence-electron chi connectivity index (χ4n) is 3.79. The second-order valence-electron chi connectivity index (χ2n) is 8.64. The average molecular weight is 407 g/mol. The zero-order valence-corrected chi connectivity index (χ0v) is 18.7. The van der Waals surface area contributed by atoms with E-state index in [0.29, 0.717) is 23.5 Å². The van der Waals surface area contributed by atoms with E-state index in [4.69, 9.17) is 9.97 Å². The zero-order chi connectivity index (χ0) is 21.5. The van der Waals surface area contributed by atoms with Crippen LogP contribution in [0.25, 0.3) is 0 Å². The van der Waals surface area contributed by atoms with Crippen LogP contribution in [0, 0.1) is 24.2 Å². The minimum absolute atomic E-state index is 0.498. The van der Waals surface area contributed by atoms with Crippen LogP contribution in [0.1, 0.15) is 56.9 Å². The summed E-state index contributed by atoms with van der Waals surface area (Å²) in [5.74, 6) is 2.24. The van der Waals surface area contributed by atoms with Crippen LogP contribution in [0.4, 0.5) is 17.5 Å². The molecule has 0 aliphatic carbocycles. The van der Waals surface area contributed by atoms with E-state index >= 15 is 0 Å². The first-order valence-electron chi connectivity index (χ1n) is 11.1. The third kappa shape index (κ3) is 5.93. The molecule has 2 N–H and O–H groups in total. The number of benzene rings is 1. The van der Waals surface area contributed by atoms with Gasteiger partial charge in [0.2, 0.25) is 5.95 Å². The summed E-state index contributed by atoms with van der Waals surface area (Å²) in [7, 11) is 0. The SMILES string of the molecule is CCCc1cc(N2CCC[C@@H](NCC(C)C)C2)nc(Nc2ccc(C)c(C#N)c2)n1. The highest BCUT2D eigenvalue weighted by atomic mass is 15.2. The molecule has 30 heavy (non-hydrogen) atoms. The third-order valence-electron chi connectivity index (χ3n) is 5.45. The number of nitriles is 1. The van der Waals surface area contributed by atoms with Gasteiger partial charge in [-0.05, 0) is 56.3 Å². The molecule has 3 rings (SSSR count). The normalized spacial score (nSPS) is 16.5. The molecule has 1 aromatic carbocycles. The van der Waals surface area contributed by atoms with Gasteiger partial charge in [-0.25, -0.2) is 4.98 Å². The zero-order valence-electron chi connectivity index (χ0n) is 18.7. The Morgan fingerprint density at radius 1 is 1.27 bits per heavy atom. The summed E-state index contributed by atoms with van der Waals surface area (Å²) >= 11 is 0. The first-order valence-corrected chi connectivity index (χ1v) is 11.1. The van der Waals surface area contributed by atoms with Crippen molar-refractivity contribution in [2.45, 2.75) is 59.4 Å². The number of aryl methyl sites for hydroxylation is 2. The Bertz CT molecular complexity index is 886. The van der Waals surface area contributed by atoms with Gasteiger partial charge in [0.25, 0.3) is 0 Å². The summed E-state index contributed by atoms with van der Waals surface area (Å²) in [5.41, 5.74) is 3.53. The third-order valence-corrected chi connectivity index (χ3v) is 5.45. The molecule has 0 saturated carbocycles. The van der Waals surface area contributed by atoms with Gasteiger partial charge in [0.05, 0.1) is 11.6 Å². The maximum absolute atomic E-state index is 9.32. The summed E-state index contributed by atoms with van der Waals surface area (Å²) in [6.07, 6.45) is 4.33. The van der Waals surface area contributed by atoms with Crippen molar-refractivity contribution >= 4 is 17.5 Å². The van der Waals surface area contributed by atoms with Gasteiger partial charge in [-0.3, -0.25) is 0 Å². The molecule has 0 radical (unpaired) electrons. The lowest BCUT2D eigenvalue weighted by Gasteiger charge is -2.34. The van der Waals surface area contributed by atoms with E-state index < -0.39 is 0 Å². The smallest absolute Gasteiger partial charge is 0.229 e. The number of anilines is 3. The molecule has 6 nitrogen and oxygen atoms in total. The molecule has 1 saturated heterocycles. The van der Waals surface area contributed by atoms with Crippen molar-refractivity contribution in [2.24, 2.45) is 5.92 Å². The predicted molar refractivity (Wildman–Crippen MR) is 123 cm³/mol. The molecular formula is C24H34N6. The van der Waals surface area contributed by atoms with E-state index in [1.165, 1.54) is 6.42 Å². The number of rotatable bonds is 8. The Morgan fingerprint density at radius 3 is 2.83 bits per heavy atom. The highest BCUT2D eigenvalue weighted by Crippen LogP contribution is 2.23. The van der Waals surface area contributed by atoms with Crippen molar-refractivity contribution in [1.82, 2.24) is 15.3 Å². The number of hydrogen-bond donors (Lipinski definition) is 2. The molecule has 0 amide bonds.